The molecule has 3 atom stereocenters. The molecule has 0 radical (unpaired) electrons. The number of nitrogens with zero attached hydrogens (tertiary/aromatic N) is 1. The van der Waals surface area contributed by atoms with Gasteiger partial charge >= 0.3 is 0 Å². The number of hydrogen-bond donors (Lipinski definition) is 0. The molecule has 1 unspecified atom stereocenters. The normalized spacial score (nSPS) is 25.0. The number of piperidine rings is 1. The molecule has 1 aliphatic heterocycles. The first-order chi connectivity index (χ1) is 13.6. The quantitative estimate of drug-likeness (QED) is 0.485. The second-order valence-electron chi connectivity index (χ2n) is 8.05. The summed E-state index contributed by atoms with van der Waals surface area (Å²) in [6, 6.07) is 16.0. The van der Waals surface area contributed by atoms with E-state index >= 15 is 0 Å². The van der Waals surface area contributed by atoms with Crippen molar-refractivity contribution in [2.45, 2.75) is 37.6 Å². The summed E-state index contributed by atoms with van der Waals surface area (Å²) in [6.07, 6.45) is 5.82. The van der Waals surface area contributed by atoms with Crippen molar-refractivity contribution in [3.63, 3.8) is 0 Å². The van der Waals surface area contributed by atoms with Gasteiger partial charge in [0.15, 0.2) is 0 Å². The first-order valence-corrected chi connectivity index (χ1v) is 10.7. The van der Waals surface area contributed by atoms with Gasteiger partial charge in [0.1, 0.15) is 0 Å². The van der Waals surface area contributed by atoms with Gasteiger partial charge in [0.05, 0.1) is 6.04 Å². The first-order valence-electron chi connectivity index (χ1n) is 9.99. The Balaban J connectivity index is 1.79. The summed E-state index contributed by atoms with van der Waals surface area (Å²) >= 11 is 12.5. The van der Waals surface area contributed by atoms with Gasteiger partial charge in [0, 0.05) is 28.4 Å². The van der Waals surface area contributed by atoms with E-state index in [4.69, 9.17) is 23.2 Å². The molecular weight excluding hydrogens is 389 g/mol. The number of carbonyl (C=O) groups is 1. The second-order valence-corrected chi connectivity index (χ2v) is 8.92. The Labute approximate surface area is 177 Å². The van der Waals surface area contributed by atoms with E-state index in [1.165, 1.54) is 18.4 Å². The van der Waals surface area contributed by atoms with Crippen molar-refractivity contribution in [1.29, 1.82) is 0 Å². The summed E-state index contributed by atoms with van der Waals surface area (Å²) in [5, 5.41) is 1.45. The van der Waals surface area contributed by atoms with Crippen LogP contribution in [0.5, 0.6) is 0 Å². The predicted molar refractivity (Wildman–Crippen MR) is 116 cm³/mol. The molecule has 2 aromatic carbocycles. The Kier molecular flexibility index (Phi) is 5.80. The van der Waals surface area contributed by atoms with Gasteiger partial charge in [0.2, 0.25) is 5.91 Å². The van der Waals surface area contributed by atoms with Gasteiger partial charge in [-0.05, 0) is 67.0 Å². The van der Waals surface area contributed by atoms with Crippen LogP contribution in [0.25, 0.3) is 0 Å². The van der Waals surface area contributed by atoms with E-state index in [9.17, 15) is 4.79 Å². The van der Waals surface area contributed by atoms with Crippen LogP contribution >= 0.6 is 23.2 Å². The van der Waals surface area contributed by atoms with Crippen LogP contribution in [0.3, 0.4) is 0 Å². The Morgan fingerprint density at radius 2 is 1.79 bits per heavy atom. The number of likely N-dealkylation sites (tertiary alicyclic amines) is 1. The molecule has 1 aliphatic carbocycles. The first kappa shape index (κ1) is 19.5. The average molecular weight is 414 g/mol. The maximum absolute atomic E-state index is 13.4. The topological polar surface area (TPSA) is 20.3 Å². The Morgan fingerprint density at radius 3 is 2.43 bits per heavy atom. The number of benzene rings is 2. The summed E-state index contributed by atoms with van der Waals surface area (Å²) in [4.78, 5) is 15.5. The number of carbonyl (C=O) groups excluding carboxylic acids is 1. The lowest BCUT2D eigenvalue weighted by Crippen LogP contribution is -2.47. The van der Waals surface area contributed by atoms with Crippen molar-refractivity contribution in [3.8, 4) is 0 Å². The highest BCUT2D eigenvalue weighted by Gasteiger charge is 2.44. The highest BCUT2D eigenvalue weighted by atomic mass is 35.5. The minimum Gasteiger partial charge on any atom is -0.335 e. The summed E-state index contributed by atoms with van der Waals surface area (Å²) in [5.74, 6) is 1.05. The average Bonchev–Trinajstić information content (AvgIpc) is 3.50. The Bertz CT molecular complexity index is 859. The van der Waals surface area contributed by atoms with E-state index in [-0.39, 0.29) is 23.8 Å². The fourth-order valence-electron chi connectivity index (χ4n) is 4.43. The summed E-state index contributed by atoms with van der Waals surface area (Å²) in [6.45, 7) is 4.71. The molecule has 1 saturated carbocycles. The van der Waals surface area contributed by atoms with E-state index in [2.05, 4.69) is 29.7 Å². The van der Waals surface area contributed by atoms with Crippen LogP contribution in [0.2, 0.25) is 10.0 Å². The third kappa shape index (κ3) is 4.14. The van der Waals surface area contributed by atoms with Crippen LogP contribution < -0.4 is 0 Å². The van der Waals surface area contributed by atoms with Crippen molar-refractivity contribution in [3.05, 3.63) is 82.4 Å². The van der Waals surface area contributed by atoms with Gasteiger partial charge in [-0.3, -0.25) is 4.79 Å². The molecule has 0 bridgehead atoms. The zero-order valence-corrected chi connectivity index (χ0v) is 17.4. The monoisotopic (exact) mass is 413 g/mol. The van der Waals surface area contributed by atoms with Crippen LogP contribution in [0.15, 0.2) is 61.2 Å². The van der Waals surface area contributed by atoms with Gasteiger partial charge in [-0.15, -0.1) is 6.58 Å². The van der Waals surface area contributed by atoms with E-state index in [0.717, 1.165) is 23.6 Å². The number of halogens is 2. The molecule has 28 heavy (non-hydrogen) atoms. The zero-order chi connectivity index (χ0) is 19.7. The van der Waals surface area contributed by atoms with Gasteiger partial charge in [0.25, 0.3) is 0 Å². The molecule has 2 aromatic rings. The van der Waals surface area contributed by atoms with Crippen LogP contribution in [0.1, 0.15) is 48.8 Å². The van der Waals surface area contributed by atoms with E-state index in [1.807, 2.05) is 36.4 Å². The third-order valence-corrected chi connectivity index (χ3v) is 6.47. The van der Waals surface area contributed by atoms with E-state index in [0.29, 0.717) is 17.4 Å². The summed E-state index contributed by atoms with van der Waals surface area (Å²) in [7, 11) is 0. The molecule has 146 valence electrons. The molecule has 2 fully saturated rings. The lowest BCUT2D eigenvalue weighted by atomic mass is 9.75. The predicted octanol–water partition coefficient (Wildman–Crippen LogP) is 6.65. The summed E-state index contributed by atoms with van der Waals surface area (Å²) in [5.41, 5.74) is 2.33. The highest BCUT2D eigenvalue weighted by molar-refractivity contribution is 6.30. The van der Waals surface area contributed by atoms with Crippen LogP contribution in [0.4, 0.5) is 0 Å². The molecule has 1 amide bonds. The van der Waals surface area contributed by atoms with E-state index < -0.39 is 0 Å². The molecule has 0 aromatic heterocycles. The van der Waals surface area contributed by atoms with Gasteiger partial charge in [-0.1, -0.05) is 53.5 Å². The minimum atomic E-state index is -0.0243. The SMILES string of the molecule is C=CC[C@H]1CC(c2cccc(Cl)c2)[C@@H](c2ccc(Cl)cc2)N(CC2CC2)C1=O. The smallest absolute Gasteiger partial charge is 0.226 e. The molecule has 0 N–H and O–H groups in total. The van der Waals surface area contributed by atoms with Gasteiger partial charge in [-0.2, -0.15) is 0 Å². The minimum absolute atomic E-state index is 0.00454. The van der Waals surface area contributed by atoms with Crippen molar-refractivity contribution >= 4 is 29.1 Å². The molecule has 1 saturated heterocycles. The number of allylic oxidation sites excluding steroid dienone is 1. The van der Waals surface area contributed by atoms with Crippen LogP contribution in [-0.2, 0) is 4.79 Å². The van der Waals surface area contributed by atoms with Crippen LogP contribution in [0, 0.1) is 11.8 Å². The number of hydrogen-bond acceptors (Lipinski definition) is 1. The van der Waals surface area contributed by atoms with Crippen molar-refractivity contribution in [2.24, 2.45) is 11.8 Å². The molecule has 2 nitrogen and oxygen atoms in total. The molecule has 2 aliphatic rings. The maximum atomic E-state index is 13.4. The molecule has 4 rings (SSSR count). The number of rotatable bonds is 6. The lowest BCUT2D eigenvalue weighted by Gasteiger charge is -2.45. The van der Waals surface area contributed by atoms with Crippen LogP contribution in [-0.4, -0.2) is 17.4 Å². The van der Waals surface area contributed by atoms with Gasteiger partial charge in [-0.25, -0.2) is 0 Å². The summed E-state index contributed by atoms with van der Waals surface area (Å²) < 4.78 is 0. The van der Waals surface area contributed by atoms with Crippen molar-refractivity contribution in [1.82, 2.24) is 4.90 Å². The molecule has 4 heteroatoms. The Morgan fingerprint density at radius 1 is 1.04 bits per heavy atom. The molecule has 1 heterocycles. The Hall–Kier alpha value is -1.77. The van der Waals surface area contributed by atoms with Gasteiger partial charge < -0.3 is 4.90 Å². The zero-order valence-electron chi connectivity index (χ0n) is 15.9. The third-order valence-electron chi connectivity index (χ3n) is 5.98. The standard InChI is InChI=1S/C24H25Cl2NO/c1-2-4-19-14-22(18-5-3-6-21(26)13-18)23(17-9-11-20(25)12-10-17)27(24(19)28)15-16-7-8-16/h2-3,5-6,9-13,16,19,22-23H,1,4,7-8,14-15H2/t19-,22?,23+/m0/s1. The maximum Gasteiger partial charge on any atom is 0.226 e. The lowest BCUT2D eigenvalue weighted by molar-refractivity contribution is -0.143. The number of amides is 1. The fraction of sp³-hybridized carbons (Fsp3) is 0.375. The molecule has 0 spiro atoms. The van der Waals surface area contributed by atoms with Crippen molar-refractivity contribution in [2.75, 3.05) is 6.54 Å². The van der Waals surface area contributed by atoms with E-state index in [1.54, 1.807) is 0 Å². The highest BCUT2D eigenvalue weighted by Crippen LogP contribution is 2.48. The largest absolute Gasteiger partial charge is 0.335 e. The molecular formula is C24H25Cl2NO. The van der Waals surface area contributed by atoms with Crippen molar-refractivity contribution < 1.29 is 4.79 Å². The fourth-order valence-corrected chi connectivity index (χ4v) is 4.76. The second kappa shape index (κ2) is 8.31.